The Morgan fingerprint density at radius 1 is 1.40 bits per heavy atom. The Balaban J connectivity index is 2.49. The summed E-state index contributed by atoms with van der Waals surface area (Å²) in [6.07, 6.45) is -0.349. The fraction of sp³-hybridized carbons (Fsp3) is 0.400. The number of rotatable bonds is 1. The summed E-state index contributed by atoms with van der Waals surface area (Å²) in [4.78, 5) is 12.2. The Labute approximate surface area is 115 Å². The molecule has 2 atom stereocenters. The largest absolute Gasteiger partial charge is 0.508 e. The van der Waals surface area contributed by atoms with Crippen LogP contribution < -0.4 is 10.4 Å². The molecule has 1 aromatic carbocycles. The lowest BCUT2D eigenvalue weighted by atomic mass is 9.81. The molecule has 1 aliphatic rings. The molecule has 0 spiro atoms. The van der Waals surface area contributed by atoms with E-state index in [1.165, 1.54) is 6.07 Å². The van der Waals surface area contributed by atoms with Crippen LogP contribution in [0.2, 0.25) is 0 Å². The maximum atomic E-state index is 12.2. The van der Waals surface area contributed by atoms with Gasteiger partial charge < -0.3 is 19.4 Å². The van der Waals surface area contributed by atoms with Gasteiger partial charge in [-0.25, -0.2) is 4.79 Å². The summed E-state index contributed by atoms with van der Waals surface area (Å²) in [7, 11) is 0. The summed E-state index contributed by atoms with van der Waals surface area (Å²) >= 11 is 0. The minimum absolute atomic E-state index is 0.113. The van der Waals surface area contributed by atoms with E-state index in [-0.39, 0.29) is 18.5 Å². The van der Waals surface area contributed by atoms with Crippen molar-refractivity contribution in [1.29, 1.82) is 0 Å². The predicted octanol–water partition coefficient (Wildman–Crippen LogP) is 1.84. The summed E-state index contributed by atoms with van der Waals surface area (Å²) in [5, 5.41) is 20.1. The highest BCUT2D eigenvalue weighted by Crippen LogP contribution is 2.46. The van der Waals surface area contributed by atoms with E-state index < -0.39 is 11.0 Å². The topological polar surface area (TPSA) is 79.9 Å². The highest BCUT2D eigenvalue weighted by atomic mass is 16.5. The van der Waals surface area contributed by atoms with Gasteiger partial charge in [-0.05, 0) is 32.9 Å². The van der Waals surface area contributed by atoms with E-state index in [1.807, 2.05) is 0 Å². The van der Waals surface area contributed by atoms with Crippen LogP contribution in [-0.2, 0) is 5.41 Å². The van der Waals surface area contributed by atoms with Crippen LogP contribution in [0.4, 0.5) is 0 Å². The molecule has 0 aliphatic carbocycles. The molecule has 0 radical (unpaired) electrons. The molecule has 5 heteroatoms. The van der Waals surface area contributed by atoms with Crippen LogP contribution in [-0.4, -0.2) is 22.9 Å². The van der Waals surface area contributed by atoms with Crippen molar-refractivity contribution in [2.75, 3.05) is 6.61 Å². The molecule has 2 N–H and O–H groups in total. The smallest absolute Gasteiger partial charge is 0.344 e. The number of hydrogen-bond acceptors (Lipinski definition) is 5. The van der Waals surface area contributed by atoms with Crippen LogP contribution in [0.15, 0.2) is 21.3 Å². The first-order valence-corrected chi connectivity index (χ1v) is 6.47. The normalized spacial score (nSPS) is 24.7. The van der Waals surface area contributed by atoms with Gasteiger partial charge in [-0.15, -0.1) is 0 Å². The number of phenolic OH excluding ortho intramolecular Hbond substituents is 1. The maximum Gasteiger partial charge on any atom is 0.344 e. The lowest BCUT2D eigenvalue weighted by Gasteiger charge is -2.23. The van der Waals surface area contributed by atoms with Gasteiger partial charge >= 0.3 is 5.63 Å². The number of phenols is 1. The van der Waals surface area contributed by atoms with Gasteiger partial charge in [0.25, 0.3) is 0 Å². The third-order valence-corrected chi connectivity index (χ3v) is 4.35. The summed E-state index contributed by atoms with van der Waals surface area (Å²) in [6, 6.07) is 3.03. The number of aliphatic hydroxyl groups excluding tert-OH is 1. The standard InChI is InChI=1S/C15H16O5/c1-7-9(17)4-5-10-11(7)13-12(14(18)20-10)15(3,6-16)8(2)19-13/h4-5,8,16-17H,6H2,1-3H3/t8-,15+/m1/s1. The Kier molecular flexibility index (Phi) is 2.59. The average Bonchev–Trinajstić information content (AvgIpc) is 2.67. The predicted molar refractivity (Wildman–Crippen MR) is 73.4 cm³/mol. The van der Waals surface area contributed by atoms with E-state index in [1.54, 1.807) is 26.8 Å². The Morgan fingerprint density at radius 3 is 2.75 bits per heavy atom. The number of fused-ring (bicyclic) bond motifs is 3. The van der Waals surface area contributed by atoms with Gasteiger partial charge in [0.1, 0.15) is 23.2 Å². The monoisotopic (exact) mass is 276 g/mol. The van der Waals surface area contributed by atoms with Gasteiger partial charge in [-0.1, -0.05) is 0 Å². The molecule has 2 heterocycles. The molecule has 0 unspecified atom stereocenters. The van der Waals surface area contributed by atoms with Crippen LogP contribution in [0.5, 0.6) is 11.5 Å². The van der Waals surface area contributed by atoms with E-state index in [0.29, 0.717) is 27.8 Å². The minimum Gasteiger partial charge on any atom is -0.508 e. The molecule has 0 amide bonds. The molecule has 20 heavy (non-hydrogen) atoms. The number of aryl methyl sites for hydroxylation is 1. The lowest BCUT2D eigenvalue weighted by molar-refractivity contribution is 0.112. The fourth-order valence-corrected chi connectivity index (χ4v) is 2.74. The number of benzene rings is 1. The molecule has 0 saturated carbocycles. The molecule has 0 bridgehead atoms. The van der Waals surface area contributed by atoms with Crippen molar-refractivity contribution in [3.63, 3.8) is 0 Å². The van der Waals surface area contributed by atoms with Crippen molar-refractivity contribution < 1.29 is 19.4 Å². The van der Waals surface area contributed by atoms with E-state index in [0.717, 1.165) is 0 Å². The molecule has 0 saturated heterocycles. The third kappa shape index (κ3) is 1.44. The van der Waals surface area contributed by atoms with Crippen molar-refractivity contribution >= 4 is 11.0 Å². The molecule has 2 aromatic rings. The highest BCUT2D eigenvalue weighted by molar-refractivity contribution is 5.90. The maximum absolute atomic E-state index is 12.2. The molecule has 1 aromatic heterocycles. The first-order valence-electron chi connectivity index (χ1n) is 6.47. The number of ether oxygens (including phenoxy) is 1. The van der Waals surface area contributed by atoms with Crippen molar-refractivity contribution in [2.45, 2.75) is 32.3 Å². The summed E-state index contributed by atoms with van der Waals surface area (Å²) in [5.74, 6) is 0.524. The zero-order valence-electron chi connectivity index (χ0n) is 11.6. The highest BCUT2D eigenvalue weighted by Gasteiger charge is 2.46. The van der Waals surface area contributed by atoms with Crippen molar-refractivity contribution in [3.8, 4) is 11.5 Å². The van der Waals surface area contributed by atoms with E-state index in [4.69, 9.17) is 9.15 Å². The summed E-state index contributed by atoms with van der Waals surface area (Å²) in [5.41, 5.74) is 0.00432. The van der Waals surface area contributed by atoms with E-state index >= 15 is 0 Å². The van der Waals surface area contributed by atoms with Crippen LogP contribution in [0.3, 0.4) is 0 Å². The third-order valence-electron chi connectivity index (χ3n) is 4.35. The Bertz CT molecular complexity index is 761. The Morgan fingerprint density at radius 2 is 2.10 bits per heavy atom. The number of aromatic hydroxyl groups is 1. The summed E-state index contributed by atoms with van der Waals surface area (Å²) in [6.45, 7) is 5.10. The van der Waals surface area contributed by atoms with Gasteiger partial charge in [0.05, 0.1) is 23.0 Å². The van der Waals surface area contributed by atoms with Crippen molar-refractivity contribution in [2.24, 2.45) is 0 Å². The molecule has 106 valence electrons. The van der Waals surface area contributed by atoms with Crippen LogP contribution in [0, 0.1) is 6.92 Å². The van der Waals surface area contributed by atoms with Crippen molar-refractivity contribution in [3.05, 3.63) is 33.7 Å². The molecule has 5 nitrogen and oxygen atoms in total. The lowest BCUT2D eigenvalue weighted by Crippen LogP contribution is -2.39. The van der Waals surface area contributed by atoms with E-state index in [9.17, 15) is 15.0 Å². The number of aliphatic hydroxyl groups is 1. The zero-order valence-corrected chi connectivity index (χ0v) is 11.6. The van der Waals surface area contributed by atoms with Gasteiger partial charge in [-0.2, -0.15) is 0 Å². The molecule has 0 fully saturated rings. The van der Waals surface area contributed by atoms with Crippen LogP contribution in [0.1, 0.15) is 25.0 Å². The zero-order chi connectivity index (χ0) is 14.7. The molecular weight excluding hydrogens is 260 g/mol. The van der Waals surface area contributed by atoms with Crippen LogP contribution in [0.25, 0.3) is 11.0 Å². The first kappa shape index (κ1) is 13.0. The average molecular weight is 276 g/mol. The van der Waals surface area contributed by atoms with Crippen molar-refractivity contribution in [1.82, 2.24) is 0 Å². The second-order valence-corrected chi connectivity index (χ2v) is 5.51. The van der Waals surface area contributed by atoms with Crippen LogP contribution >= 0.6 is 0 Å². The molecule has 1 aliphatic heterocycles. The fourth-order valence-electron chi connectivity index (χ4n) is 2.74. The molecular formula is C15H16O5. The van der Waals surface area contributed by atoms with Gasteiger partial charge in [0.15, 0.2) is 0 Å². The van der Waals surface area contributed by atoms with Gasteiger partial charge in [0.2, 0.25) is 0 Å². The minimum atomic E-state index is -0.804. The van der Waals surface area contributed by atoms with Gasteiger partial charge in [0, 0.05) is 5.56 Å². The van der Waals surface area contributed by atoms with Gasteiger partial charge in [-0.3, -0.25) is 0 Å². The summed E-state index contributed by atoms with van der Waals surface area (Å²) < 4.78 is 11.1. The Hall–Kier alpha value is -2.01. The molecule has 3 rings (SSSR count). The second-order valence-electron chi connectivity index (χ2n) is 5.51. The quantitative estimate of drug-likeness (QED) is 0.777. The first-order chi connectivity index (χ1) is 9.40. The van der Waals surface area contributed by atoms with E-state index in [2.05, 4.69) is 0 Å². The SMILES string of the molecule is Cc1c(O)ccc2oc(=O)c3c(c12)O[C@H](C)[C@]3(C)CO. The number of hydrogen-bond donors (Lipinski definition) is 2. The second kappa shape index (κ2) is 3.99.